The number of likely N-dealkylation sites (tertiary alicyclic amines) is 1. The van der Waals surface area contributed by atoms with Gasteiger partial charge in [0.1, 0.15) is 11.5 Å². The highest BCUT2D eigenvalue weighted by molar-refractivity contribution is 5.85. The van der Waals surface area contributed by atoms with E-state index in [0.717, 1.165) is 36.6 Å². The average Bonchev–Trinajstić information content (AvgIpc) is 3.31. The summed E-state index contributed by atoms with van der Waals surface area (Å²) in [5.74, 6) is 1.59. The molecule has 1 unspecified atom stereocenters. The molecule has 1 aromatic carbocycles. The van der Waals surface area contributed by atoms with E-state index in [-0.39, 0.29) is 18.2 Å². The van der Waals surface area contributed by atoms with Gasteiger partial charge in [-0.25, -0.2) is 4.99 Å². The first kappa shape index (κ1) is 23.2. The number of ether oxygens (including phenoxy) is 2. The van der Waals surface area contributed by atoms with E-state index in [2.05, 4.69) is 29.0 Å². The molecule has 0 radical (unpaired) electrons. The molecule has 0 saturated carbocycles. The lowest BCUT2D eigenvalue weighted by molar-refractivity contribution is -0.118. The molecule has 0 bridgehead atoms. The molecule has 1 saturated heterocycles. The zero-order valence-electron chi connectivity index (χ0n) is 18.6. The third-order valence-electron chi connectivity index (χ3n) is 5.81. The maximum Gasteiger partial charge on any atom is 0.248 e. The van der Waals surface area contributed by atoms with Crippen LogP contribution in [0.4, 0.5) is 0 Å². The second kappa shape index (κ2) is 11.8. The summed E-state index contributed by atoms with van der Waals surface area (Å²) in [5.41, 5.74) is 0.789. The number of aliphatic hydroxyl groups excluding tert-OH is 1. The zero-order chi connectivity index (χ0) is 22.1. The van der Waals surface area contributed by atoms with Crippen LogP contribution in [-0.4, -0.2) is 55.5 Å². The van der Waals surface area contributed by atoms with E-state index in [4.69, 9.17) is 9.47 Å². The normalized spacial score (nSPS) is 21.1. The minimum atomic E-state index is -0.737. The summed E-state index contributed by atoms with van der Waals surface area (Å²) >= 11 is 0. The van der Waals surface area contributed by atoms with E-state index >= 15 is 0 Å². The molecule has 1 aromatic rings. The minimum Gasteiger partial charge on any atom is -0.497 e. The molecule has 1 aliphatic heterocycles. The van der Waals surface area contributed by atoms with Gasteiger partial charge in [-0.1, -0.05) is 25.1 Å². The van der Waals surface area contributed by atoms with Crippen molar-refractivity contribution in [2.45, 2.75) is 38.7 Å². The number of nitrogens with zero attached hydrogens (tertiary/aromatic N) is 2. The number of aliphatic imine (C=N–C) groups is 1. The Morgan fingerprint density at radius 3 is 2.68 bits per heavy atom. The first-order valence-corrected chi connectivity index (χ1v) is 11.2. The highest BCUT2D eigenvalue weighted by Crippen LogP contribution is 2.25. The molecule has 0 spiro atoms. The van der Waals surface area contributed by atoms with E-state index in [1.54, 1.807) is 13.3 Å². The van der Waals surface area contributed by atoms with Gasteiger partial charge in [0, 0.05) is 18.7 Å². The SMILES string of the molecule is COc1ccc([C@@H](O)[C@H](C=NC(=O)CCOC2=CCC(C)C=C2)CN2CCCC2)cc1. The number of hydrogen-bond donors (Lipinski definition) is 1. The third kappa shape index (κ3) is 7.33. The monoisotopic (exact) mass is 426 g/mol. The Hall–Kier alpha value is -2.44. The van der Waals surface area contributed by atoms with Gasteiger partial charge in [-0.05, 0) is 68.1 Å². The van der Waals surface area contributed by atoms with Gasteiger partial charge in [0.25, 0.3) is 0 Å². The second-order valence-corrected chi connectivity index (χ2v) is 8.34. The van der Waals surface area contributed by atoms with E-state index in [0.29, 0.717) is 19.1 Å². The van der Waals surface area contributed by atoms with Crippen LogP contribution in [0.1, 0.15) is 44.3 Å². The van der Waals surface area contributed by atoms with Crippen LogP contribution >= 0.6 is 0 Å². The molecule has 1 N–H and O–H groups in total. The van der Waals surface area contributed by atoms with Crippen molar-refractivity contribution >= 4 is 12.1 Å². The molecule has 1 fully saturated rings. The van der Waals surface area contributed by atoms with E-state index in [1.165, 1.54) is 12.8 Å². The van der Waals surface area contributed by atoms with E-state index < -0.39 is 6.10 Å². The fourth-order valence-corrected chi connectivity index (χ4v) is 3.85. The summed E-state index contributed by atoms with van der Waals surface area (Å²) in [6.45, 7) is 5.17. The maximum absolute atomic E-state index is 12.3. The Kier molecular flexibility index (Phi) is 8.85. The van der Waals surface area contributed by atoms with Crippen LogP contribution in [0, 0.1) is 11.8 Å². The number of amides is 1. The number of aliphatic hydroxyl groups is 1. The number of methoxy groups -OCH3 is 1. The molecule has 3 rings (SSSR count). The van der Waals surface area contributed by atoms with Gasteiger partial charge in [0.05, 0.1) is 26.2 Å². The van der Waals surface area contributed by atoms with Gasteiger partial charge < -0.3 is 19.5 Å². The lowest BCUT2D eigenvalue weighted by Crippen LogP contribution is -2.31. The lowest BCUT2D eigenvalue weighted by Gasteiger charge is -2.25. The quantitative estimate of drug-likeness (QED) is 0.574. The summed E-state index contributed by atoms with van der Waals surface area (Å²) in [4.78, 5) is 18.8. The summed E-state index contributed by atoms with van der Waals surface area (Å²) in [7, 11) is 1.62. The standard InChI is InChI=1S/C25H34N2O4/c1-19-5-9-23(10-6-19)31-16-13-24(28)26-17-21(18-27-14-3-4-15-27)25(29)20-7-11-22(30-2)12-8-20/h5,7-12,17,19,21,25,29H,3-4,6,13-16,18H2,1-2H3/t19?,21-,25-/m1/s1. The number of carbonyl (C=O) groups is 1. The molecule has 1 heterocycles. The van der Waals surface area contributed by atoms with Gasteiger partial charge in [0.15, 0.2) is 0 Å². The van der Waals surface area contributed by atoms with Gasteiger partial charge in [-0.2, -0.15) is 0 Å². The predicted octanol–water partition coefficient (Wildman–Crippen LogP) is 3.92. The number of rotatable bonds is 10. The smallest absolute Gasteiger partial charge is 0.248 e. The zero-order valence-corrected chi connectivity index (χ0v) is 18.6. The molecular formula is C25H34N2O4. The van der Waals surface area contributed by atoms with Crippen molar-refractivity contribution in [3.8, 4) is 5.75 Å². The van der Waals surface area contributed by atoms with Crippen LogP contribution < -0.4 is 4.74 Å². The fourth-order valence-electron chi connectivity index (χ4n) is 3.85. The Morgan fingerprint density at radius 2 is 2.03 bits per heavy atom. The summed E-state index contributed by atoms with van der Waals surface area (Å²) < 4.78 is 10.9. The Bertz CT molecular complexity index is 794. The van der Waals surface area contributed by atoms with Crippen molar-refractivity contribution in [2.75, 3.05) is 33.4 Å². The fraction of sp³-hybridized carbons (Fsp3) is 0.520. The molecule has 1 amide bonds. The maximum atomic E-state index is 12.3. The van der Waals surface area contributed by atoms with Crippen molar-refractivity contribution in [3.05, 3.63) is 53.8 Å². The van der Waals surface area contributed by atoms with E-state index in [9.17, 15) is 9.90 Å². The van der Waals surface area contributed by atoms with Crippen LogP contribution in [0.5, 0.6) is 5.75 Å². The second-order valence-electron chi connectivity index (χ2n) is 8.34. The summed E-state index contributed by atoms with van der Waals surface area (Å²) in [5, 5.41) is 11.0. The first-order valence-electron chi connectivity index (χ1n) is 11.2. The number of carbonyl (C=O) groups excluding carboxylic acids is 1. The summed E-state index contributed by atoms with van der Waals surface area (Å²) in [6.07, 6.45) is 10.5. The van der Waals surface area contributed by atoms with Gasteiger partial charge in [-0.15, -0.1) is 0 Å². The molecule has 1 aliphatic carbocycles. The Balaban J connectivity index is 1.56. The molecule has 0 aromatic heterocycles. The minimum absolute atomic E-state index is 0.215. The molecule has 6 heteroatoms. The van der Waals surface area contributed by atoms with Gasteiger partial charge >= 0.3 is 0 Å². The van der Waals surface area contributed by atoms with Gasteiger partial charge in [-0.3, -0.25) is 4.79 Å². The third-order valence-corrected chi connectivity index (χ3v) is 5.81. The van der Waals surface area contributed by atoms with E-state index in [1.807, 2.05) is 30.3 Å². The van der Waals surface area contributed by atoms with Crippen LogP contribution in [0.15, 0.2) is 53.2 Å². The van der Waals surface area contributed by atoms with Crippen LogP contribution in [0.3, 0.4) is 0 Å². The molecule has 168 valence electrons. The molecule has 31 heavy (non-hydrogen) atoms. The number of hydrogen-bond acceptors (Lipinski definition) is 5. The summed E-state index contributed by atoms with van der Waals surface area (Å²) in [6, 6.07) is 7.38. The van der Waals surface area contributed by atoms with Crippen molar-refractivity contribution in [1.82, 2.24) is 4.90 Å². The number of benzene rings is 1. The van der Waals surface area contributed by atoms with Crippen LogP contribution in [0.2, 0.25) is 0 Å². The molecule has 2 aliphatic rings. The van der Waals surface area contributed by atoms with Crippen molar-refractivity contribution in [3.63, 3.8) is 0 Å². The molecular weight excluding hydrogens is 392 g/mol. The molecule has 3 atom stereocenters. The van der Waals surface area contributed by atoms with Crippen LogP contribution in [-0.2, 0) is 9.53 Å². The van der Waals surface area contributed by atoms with Crippen LogP contribution in [0.25, 0.3) is 0 Å². The number of allylic oxidation sites excluding steroid dienone is 3. The highest BCUT2D eigenvalue weighted by atomic mass is 16.5. The molecule has 6 nitrogen and oxygen atoms in total. The Labute approximate surface area is 185 Å². The van der Waals surface area contributed by atoms with Gasteiger partial charge in [0.2, 0.25) is 5.91 Å². The lowest BCUT2D eigenvalue weighted by atomic mass is 9.96. The predicted molar refractivity (Wildman–Crippen MR) is 122 cm³/mol. The first-order chi connectivity index (χ1) is 15.0. The van der Waals surface area contributed by atoms with Crippen molar-refractivity contribution in [2.24, 2.45) is 16.8 Å². The Morgan fingerprint density at radius 1 is 1.29 bits per heavy atom. The van der Waals surface area contributed by atoms with Crippen molar-refractivity contribution < 1.29 is 19.4 Å². The topological polar surface area (TPSA) is 71.4 Å². The van der Waals surface area contributed by atoms with Crippen molar-refractivity contribution in [1.29, 1.82) is 0 Å². The highest BCUT2D eigenvalue weighted by Gasteiger charge is 2.24. The largest absolute Gasteiger partial charge is 0.497 e. The average molecular weight is 427 g/mol.